The second-order valence-corrected chi connectivity index (χ2v) is 13.6. The molecule has 0 unspecified atom stereocenters. The van der Waals surface area contributed by atoms with Crippen molar-refractivity contribution in [1.29, 1.82) is 0 Å². The molecular formula is C40H30ClF6N7O3S. The van der Waals surface area contributed by atoms with E-state index in [4.69, 9.17) is 38.0 Å². The van der Waals surface area contributed by atoms with Gasteiger partial charge >= 0.3 is 6.18 Å². The molecule has 0 saturated carbocycles. The number of epoxide rings is 1. The highest BCUT2D eigenvalue weighted by Crippen LogP contribution is 2.59. The van der Waals surface area contributed by atoms with Gasteiger partial charge in [-0.1, -0.05) is 48.0 Å². The van der Waals surface area contributed by atoms with Crippen LogP contribution in [0.3, 0.4) is 0 Å². The Balaban J connectivity index is 0.000000187. The van der Waals surface area contributed by atoms with Gasteiger partial charge in [-0.3, -0.25) is 9.78 Å². The number of aromatic amines is 1. The van der Waals surface area contributed by atoms with Crippen LogP contribution < -0.4 is 14.8 Å². The zero-order valence-electron chi connectivity index (χ0n) is 30.1. The highest BCUT2D eigenvalue weighted by molar-refractivity contribution is 7.71. The number of benzene rings is 4. The van der Waals surface area contributed by atoms with Gasteiger partial charge in [-0.25, -0.2) is 33.1 Å². The minimum absolute atomic E-state index is 0.0441. The summed E-state index contributed by atoms with van der Waals surface area (Å²) >= 11 is 11.5. The van der Waals surface area contributed by atoms with Gasteiger partial charge in [0, 0.05) is 29.4 Å². The summed E-state index contributed by atoms with van der Waals surface area (Å²) in [7, 11) is 1.40. The minimum Gasteiger partial charge on any atom is -0.493 e. The molecule has 18 heteroatoms. The molecule has 298 valence electrons. The van der Waals surface area contributed by atoms with Gasteiger partial charge in [-0.05, 0) is 78.3 Å². The number of hydrogen-bond donors (Lipinski definition) is 2. The van der Waals surface area contributed by atoms with Gasteiger partial charge in [0.1, 0.15) is 53.1 Å². The number of ether oxygens (including phenoxy) is 3. The van der Waals surface area contributed by atoms with E-state index in [1.807, 2.05) is 30.3 Å². The number of pyridine rings is 1. The monoisotopic (exact) mass is 837 g/mol. The van der Waals surface area contributed by atoms with Crippen LogP contribution in [0.4, 0.5) is 32.2 Å². The Bertz CT molecular complexity index is 2650. The number of anilines is 1. The van der Waals surface area contributed by atoms with Crippen LogP contribution in [0.15, 0.2) is 110 Å². The molecule has 3 aromatic heterocycles. The van der Waals surface area contributed by atoms with Crippen LogP contribution in [0.25, 0.3) is 10.9 Å². The van der Waals surface area contributed by atoms with Gasteiger partial charge in [0.25, 0.3) is 0 Å². The summed E-state index contributed by atoms with van der Waals surface area (Å²) in [5.41, 5.74) is 0.659. The highest BCUT2D eigenvalue weighted by Gasteiger charge is 2.59. The maximum atomic E-state index is 14.2. The van der Waals surface area contributed by atoms with Crippen LogP contribution in [0.5, 0.6) is 17.4 Å². The molecular weight excluding hydrogens is 808 g/mol. The van der Waals surface area contributed by atoms with Crippen molar-refractivity contribution in [3.8, 4) is 17.4 Å². The fourth-order valence-electron chi connectivity index (χ4n) is 6.25. The van der Waals surface area contributed by atoms with Gasteiger partial charge in [0.05, 0.1) is 24.6 Å². The largest absolute Gasteiger partial charge is 0.493 e. The first kappa shape index (κ1) is 40.2. The second kappa shape index (κ2) is 16.8. The SMILES string of the molecule is COc1cc(CCNc2ncnc3c(F)ccc(F)c23)ccc1Oc1cc(C(F)(F)F)ccn1.Fc1cccc([C@@]2(Cn3[nH]cnc3=S)O[C@@H]2c2ccccc2Cl)c1. The zero-order valence-corrected chi connectivity index (χ0v) is 31.7. The highest BCUT2D eigenvalue weighted by atomic mass is 35.5. The topological polar surface area (TPSA) is 115 Å². The number of alkyl halides is 3. The molecule has 2 N–H and O–H groups in total. The molecule has 4 aromatic carbocycles. The number of fused-ring (bicyclic) bond motifs is 1. The molecule has 0 radical (unpaired) electrons. The van der Waals surface area contributed by atoms with Crippen molar-refractivity contribution in [1.82, 2.24) is 29.7 Å². The number of hydrogen-bond acceptors (Lipinski definition) is 9. The van der Waals surface area contributed by atoms with Crippen LogP contribution >= 0.6 is 23.8 Å². The van der Waals surface area contributed by atoms with Crippen LogP contribution in [0.1, 0.15) is 28.4 Å². The third kappa shape index (κ3) is 8.75. The predicted octanol–water partition coefficient (Wildman–Crippen LogP) is 10.2. The van der Waals surface area contributed by atoms with Crippen molar-refractivity contribution >= 4 is 40.5 Å². The van der Waals surface area contributed by atoms with Crippen molar-refractivity contribution in [3.05, 3.63) is 159 Å². The molecule has 2 atom stereocenters. The summed E-state index contributed by atoms with van der Waals surface area (Å²) in [5, 5.41) is 6.51. The van der Waals surface area contributed by atoms with Crippen molar-refractivity contribution in [2.75, 3.05) is 19.0 Å². The summed E-state index contributed by atoms with van der Waals surface area (Å²) < 4.78 is 99.6. The van der Waals surface area contributed by atoms with E-state index >= 15 is 0 Å². The summed E-state index contributed by atoms with van der Waals surface area (Å²) in [6, 6.07) is 22.5. The summed E-state index contributed by atoms with van der Waals surface area (Å²) in [6.45, 7) is 0.714. The standard InChI is InChI=1S/C23H17F5N4O2.C17H13ClFN3OS/c1-33-18-10-13(2-5-17(18)34-19-11-14(7-9-29-19)23(26,27)28)6-8-30-22-20-15(24)3-4-16(25)21(20)31-12-32-22;18-14-7-2-1-6-13(14)15-17(23-15,9-22-16(24)20-10-21-22)11-4-3-5-12(19)8-11/h2-5,7,9-12H,6,8H2,1H3,(H,30,31,32);1-8,10,15H,9H2,(H,20,21,24)/t;15-,17-/m.1/s1. The molecule has 1 aliphatic rings. The number of nitrogens with one attached hydrogen (secondary N) is 2. The van der Waals surface area contributed by atoms with E-state index in [1.165, 1.54) is 25.6 Å². The number of halogens is 7. The summed E-state index contributed by atoms with van der Waals surface area (Å²) in [6.07, 6.45) is -0.681. The fraction of sp³-hybridized carbons (Fsp3) is 0.175. The number of rotatable bonds is 11. The Labute approximate surface area is 336 Å². The summed E-state index contributed by atoms with van der Waals surface area (Å²) in [5.74, 6) is -1.21. The van der Waals surface area contributed by atoms with Gasteiger partial charge in [-0.15, -0.1) is 0 Å². The van der Waals surface area contributed by atoms with Crippen molar-refractivity contribution in [2.45, 2.75) is 30.8 Å². The molecule has 4 heterocycles. The normalized spacial score (nSPS) is 16.0. The lowest BCUT2D eigenvalue weighted by Crippen LogP contribution is -2.20. The quantitative estimate of drug-likeness (QED) is 0.0746. The predicted molar refractivity (Wildman–Crippen MR) is 205 cm³/mol. The molecule has 7 aromatic rings. The Hall–Kier alpha value is -6.04. The average molecular weight is 838 g/mol. The van der Waals surface area contributed by atoms with E-state index in [2.05, 4.69) is 30.4 Å². The van der Waals surface area contributed by atoms with Gasteiger partial charge < -0.3 is 19.5 Å². The molecule has 1 aliphatic heterocycles. The van der Waals surface area contributed by atoms with Crippen molar-refractivity contribution < 1.29 is 40.6 Å². The lowest BCUT2D eigenvalue weighted by Gasteiger charge is -2.15. The van der Waals surface area contributed by atoms with E-state index in [9.17, 15) is 26.3 Å². The first-order valence-electron chi connectivity index (χ1n) is 17.4. The van der Waals surface area contributed by atoms with E-state index in [-0.39, 0.29) is 46.0 Å². The van der Waals surface area contributed by atoms with E-state index < -0.39 is 29.0 Å². The molecule has 0 aliphatic carbocycles. The Kier molecular flexibility index (Phi) is 11.6. The third-order valence-electron chi connectivity index (χ3n) is 9.11. The molecule has 0 amide bonds. The lowest BCUT2D eigenvalue weighted by atomic mass is 9.91. The smallest absolute Gasteiger partial charge is 0.416 e. The Morgan fingerprint density at radius 1 is 0.914 bits per heavy atom. The molecule has 1 saturated heterocycles. The first-order chi connectivity index (χ1) is 27.9. The minimum atomic E-state index is -4.52. The van der Waals surface area contributed by atoms with Crippen LogP contribution in [0.2, 0.25) is 5.02 Å². The molecule has 0 bridgehead atoms. The fourth-order valence-corrected chi connectivity index (χ4v) is 6.66. The maximum absolute atomic E-state index is 14.2. The lowest BCUT2D eigenvalue weighted by molar-refractivity contribution is -0.137. The number of methoxy groups -OCH3 is 1. The van der Waals surface area contributed by atoms with E-state index in [0.717, 1.165) is 53.5 Å². The molecule has 0 spiro atoms. The van der Waals surface area contributed by atoms with E-state index in [1.54, 1.807) is 28.9 Å². The summed E-state index contributed by atoms with van der Waals surface area (Å²) in [4.78, 5) is 15.6. The van der Waals surface area contributed by atoms with Gasteiger partial charge in [-0.2, -0.15) is 13.2 Å². The Morgan fingerprint density at radius 3 is 2.47 bits per heavy atom. The maximum Gasteiger partial charge on any atom is 0.416 e. The second-order valence-electron chi connectivity index (χ2n) is 12.8. The van der Waals surface area contributed by atoms with Crippen LogP contribution in [-0.2, 0) is 29.5 Å². The molecule has 10 nitrogen and oxygen atoms in total. The van der Waals surface area contributed by atoms with Crippen LogP contribution in [-0.4, -0.2) is 43.4 Å². The van der Waals surface area contributed by atoms with Gasteiger partial charge in [0.2, 0.25) is 10.7 Å². The van der Waals surface area contributed by atoms with E-state index in [0.29, 0.717) is 29.3 Å². The molecule has 1 fully saturated rings. The Morgan fingerprint density at radius 2 is 1.72 bits per heavy atom. The number of H-pyrrole nitrogens is 1. The van der Waals surface area contributed by atoms with Gasteiger partial charge in [0.15, 0.2) is 11.5 Å². The van der Waals surface area contributed by atoms with Crippen molar-refractivity contribution in [2.24, 2.45) is 0 Å². The molecule has 8 rings (SSSR count). The first-order valence-corrected chi connectivity index (χ1v) is 18.1. The number of nitrogens with zero attached hydrogens (tertiary/aromatic N) is 5. The van der Waals surface area contributed by atoms with Crippen molar-refractivity contribution in [3.63, 3.8) is 0 Å². The van der Waals surface area contributed by atoms with Crippen LogP contribution in [0, 0.1) is 22.2 Å². The number of aromatic nitrogens is 6. The average Bonchev–Trinajstić information content (AvgIpc) is 3.80. The zero-order chi connectivity index (χ0) is 41.0. The molecule has 58 heavy (non-hydrogen) atoms. The third-order valence-corrected chi connectivity index (χ3v) is 9.78.